The van der Waals surface area contributed by atoms with Gasteiger partial charge in [0.2, 0.25) is 0 Å². The Morgan fingerprint density at radius 3 is 3.00 bits per heavy atom. The van der Waals surface area contributed by atoms with Gasteiger partial charge < -0.3 is 10.3 Å². The predicted octanol–water partition coefficient (Wildman–Crippen LogP) is 1.65. The quantitative estimate of drug-likeness (QED) is 0.796. The summed E-state index contributed by atoms with van der Waals surface area (Å²) in [5.41, 5.74) is 5.50. The van der Waals surface area contributed by atoms with Gasteiger partial charge in [-0.25, -0.2) is 9.97 Å². The van der Waals surface area contributed by atoms with Crippen LogP contribution in [0.3, 0.4) is 0 Å². The molecule has 15 heavy (non-hydrogen) atoms. The lowest BCUT2D eigenvalue weighted by Crippen LogP contribution is -1.96. The summed E-state index contributed by atoms with van der Waals surface area (Å²) >= 11 is 1.76. The zero-order chi connectivity index (χ0) is 10.5. The first-order chi connectivity index (χ1) is 7.34. The van der Waals surface area contributed by atoms with Crippen LogP contribution in [0, 0.1) is 0 Å². The number of aryl methyl sites for hydroxylation is 1. The van der Waals surface area contributed by atoms with Gasteiger partial charge in [0.1, 0.15) is 5.82 Å². The van der Waals surface area contributed by atoms with Crippen LogP contribution in [-0.2, 0) is 6.54 Å². The van der Waals surface area contributed by atoms with E-state index in [0.29, 0.717) is 5.82 Å². The molecule has 2 heterocycles. The van der Waals surface area contributed by atoms with E-state index in [4.69, 9.17) is 5.73 Å². The molecule has 2 N–H and O–H groups in total. The molecule has 0 spiro atoms. The maximum Gasteiger partial charge on any atom is 0.123 e. The molecule has 0 aromatic carbocycles. The van der Waals surface area contributed by atoms with Crippen molar-refractivity contribution in [3.05, 3.63) is 37.1 Å². The Bertz CT molecular complexity index is 396. The lowest BCUT2D eigenvalue weighted by Gasteiger charge is -2.02. The van der Waals surface area contributed by atoms with Crippen molar-refractivity contribution in [1.82, 2.24) is 14.5 Å². The zero-order valence-corrected chi connectivity index (χ0v) is 9.02. The van der Waals surface area contributed by atoms with Crippen LogP contribution >= 0.6 is 11.8 Å². The molecule has 78 valence electrons. The Kier molecular flexibility index (Phi) is 3.24. The van der Waals surface area contributed by atoms with Crippen molar-refractivity contribution < 1.29 is 0 Å². The van der Waals surface area contributed by atoms with Gasteiger partial charge in [-0.1, -0.05) is 0 Å². The lowest BCUT2D eigenvalue weighted by molar-refractivity contribution is 0.770. The summed E-state index contributed by atoms with van der Waals surface area (Å²) in [5.74, 6) is 1.57. The molecule has 0 aliphatic rings. The number of rotatable bonds is 4. The summed E-state index contributed by atoms with van der Waals surface area (Å²) in [6.45, 7) is 0.953. The molecule has 4 nitrogen and oxygen atoms in total. The van der Waals surface area contributed by atoms with E-state index in [2.05, 4.69) is 14.5 Å². The fourth-order valence-electron chi connectivity index (χ4n) is 1.17. The minimum Gasteiger partial charge on any atom is -0.384 e. The number of hydrogen-bond donors (Lipinski definition) is 1. The number of nitrogen functional groups attached to an aromatic ring is 1. The van der Waals surface area contributed by atoms with Crippen molar-refractivity contribution in [1.29, 1.82) is 0 Å². The maximum atomic E-state index is 5.50. The van der Waals surface area contributed by atoms with Gasteiger partial charge in [-0.3, -0.25) is 0 Å². The fraction of sp³-hybridized carbons (Fsp3) is 0.200. The molecule has 0 atom stereocenters. The lowest BCUT2D eigenvalue weighted by atomic mass is 10.5. The van der Waals surface area contributed by atoms with Gasteiger partial charge in [0.25, 0.3) is 0 Å². The third-order valence-corrected chi connectivity index (χ3v) is 2.90. The number of imidazole rings is 1. The molecule has 0 saturated carbocycles. The van der Waals surface area contributed by atoms with Gasteiger partial charge in [0.15, 0.2) is 0 Å². The SMILES string of the molecule is Nc1ccc(SCCn2ccnc2)cn1. The summed E-state index contributed by atoms with van der Waals surface area (Å²) in [5, 5.41) is 0. The number of hydrogen-bond acceptors (Lipinski definition) is 4. The minimum absolute atomic E-state index is 0.564. The second-order valence-electron chi connectivity index (χ2n) is 3.07. The molecule has 2 aromatic heterocycles. The van der Waals surface area contributed by atoms with Gasteiger partial charge in [0.05, 0.1) is 6.33 Å². The predicted molar refractivity (Wildman–Crippen MR) is 61.6 cm³/mol. The molecule has 0 amide bonds. The van der Waals surface area contributed by atoms with E-state index in [1.807, 2.05) is 24.7 Å². The first kappa shape index (κ1) is 10.0. The highest BCUT2D eigenvalue weighted by atomic mass is 32.2. The number of aromatic nitrogens is 3. The first-order valence-corrected chi connectivity index (χ1v) is 5.63. The van der Waals surface area contributed by atoms with Gasteiger partial charge in [-0.05, 0) is 12.1 Å². The van der Waals surface area contributed by atoms with Crippen LogP contribution in [0.1, 0.15) is 0 Å². The fourth-order valence-corrected chi connectivity index (χ4v) is 1.99. The van der Waals surface area contributed by atoms with Gasteiger partial charge in [-0.15, -0.1) is 11.8 Å². The van der Waals surface area contributed by atoms with E-state index in [0.717, 1.165) is 17.2 Å². The van der Waals surface area contributed by atoms with E-state index in [9.17, 15) is 0 Å². The molecule has 0 aliphatic carbocycles. The van der Waals surface area contributed by atoms with Crippen molar-refractivity contribution in [2.45, 2.75) is 11.4 Å². The zero-order valence-electron chi connectivity index (χ0n) is 8.21. The van der Waals surface area contributed by atoms with Gasteiger partial charge in [0, 0.05) is 35.8 Å². The summed E-state index contributed by atoms with van der Waals surface area (Å²) in [7, 11) is 0. The molecule has 5 heteroatoms. The molecular formula is C10H12N4S. The Balaban J connectivity index is 1.81. The molecule has 0 unspecified atom stereocenters. The van der Waals surface area contributed by atoms with Crippen LogP contribution in [0.25, 0.3) is 0 Å². The van der Waals surface area contributed by atoms with E-state index >= 15 is 0 Å². The summed E-state index contributed by atoms with van der Waals surface area (Å²) in [6.07, 6.45) is 7.37. The number of nitrogens with two attached hydrogens (primary N) is 1. The van der Waals surface area contributed by atoms with E-state index in [1.165, 1.54) is 0 Å². The normalized spacial score (nSPS) is 10.4. The van der Waals surface area contributed by atoms with Crippen LogP contribution in [0.2, 0.25) is 0 Å². The number of anilines is 1. The Hall–Kier alpha value is -1.49. The average molecular weight is 220 g/mol. The molecule has 2 rings (SSSR count). The van der Waals surface area contributed by atoms with E-state index in [-0.39, 0.29) is 0 Å². The van der Waals surface area contributed by atoms with Crippen molar-refractivity contribution in [3.63, 3.8) is 0 Å². The van der Waals surface area contributed by atoms with Crippen molar-refractivity contribution in [2.24, 2.45) is 0 Å². The summed E-state index contributed by atoms with van der Waals surface area (Å²) in [4.78, 5) is 9.16. The molecule has 0 bridgehead atoms. The van der Waals surface area contributed by atoms with Crippen molar-refractivity contribution in [2.75, 3.05) is 11.5 Å². The van der Waals surface area contributed by atoms with Crippen LogP contribution in [0.4, 0.5) is 5.82 Å². The summed E-state index contributed by atoms with van der Waals surface area (Å²) in [6, 6.07) is 3.81. The Morgan fingerprint density at radius 1 is 1.40 bits per heavy atom. The molecular weight excluding hydrogens is 208 g/mol. The smallest absolute Gasteiger partial charge is 0.123 e. The molecule has 0 saturated heterocycles. The topological polar surface area (TPSA) is 56.7 Å². The third-order valence-electron chi connectivity index (χ3n) is 1.94. The Morgan fingerprint density at radius 2 is 2.33 bits per heavy atom. The summed E-state index contributed by atoms with van der Waals surface area (Å²) < 4.78 is 2.05. The number of thioether (sulfide) groups is 1. The van der Waals surface area contributed by atoms with Crippen molar-refractivity contribution >= 4 is 17.6 Å². The maximum absolute atomic E-state index is 5.50. The van der Waals surface area contributed by atoms with Gasteiger partial charge >= 0.3 is 0 Å². The number of pyridine rings is 1. The Labute approximate surface area is 92.5 Å². The number of nitrogens with zero attached hydrogens (tertiary/aromatic N) is 3. The van der Waals surface area contributed by atoms with E-state index < -0.39 is 0 Å². The van der Waals surface area contributed by atoms with Crippen LogP contribution < -0.4 is 5.73 Å². The van der Waals surface area contributed by atoms with Gasteiger partial charge in [-0.2, -0.15) is 0 Å². The molecule has 0 radical (unpaired) electrons. The molecule has 0 aliphatic heterocycles. The standard InChI is InChI=1S/C10H12N4S/c11-10-2-1-9(7-13-10)15-6-5-14-4-3-12-8-14/h1-4,7-8H,5-6H2,(H2,11,13). The van der Waals surface area contributed by atoms with Crippen LogP contribution in [-0.4, -0.2) is 20.3 Å². The monoisotopic (exact) mass is 220 g/mol. The minimum atomic E-state index is 0.564. The van der Waals surface area contributed by atoms with E-state index in [1.54, 1.807) is 24.2 Å². The second kappa shape index (κ2) is 4.84. The second-order valence-corrected chi connectivity index (χ2v) is 4.24. The molecule has 0 fully saturated rings. The third kappa shape index (κ3) is 2.99. The highest BCUT2D eigenvalue weighted by Crippen LogP contribution is 2.17. The largest absolute Gasteiger partial charge is 0.384 e. The average Bonchev–Trinajstić information content (AvgIpc) is 2.74. The highest BCUT2D eigenvalue weighted by molar-refractivity contribution is 7.99. The van der Waals surface area contributed by atoms with Crippen molar-refractivity contribution in [3.8, 4) is 0 Å². The first-order valence-electron chi connectivity index (χ1n) is 4.64. The highest BCUT2D eigenvalue weighted by Gasteiger charge is 1.95. The van der Waals surface area contributed by atoms with Crippen LogP contribution in [0.15, 0.2) is 41.9 Å². The molecule has 2 aromatic rings. The van der Waals surface area contributed by atoms with Crippen LogP contribution in [0.5, 0.6) is 0 Å².